The Kier molecular flexibility index (Phi) is 5.00. The first-order valence-electron chi connectivity index (χ1n) is 5.34. The lowest BCUT2D eigenvalue weighted by molar-refractivity contribution is -0.305. The molecule has 1 aromatic carbocycles. The lowest BCUT2D eigenvalue weighted by atomic mass is 10.2. The monoisotopic (exact) mass is 236 g/mol. The third-order valence-corrected chi connectivity index (χ3v) is 2.01. The third-order valence-electron chi connectivity index (χ3n) is 2.01. The van der Waals surface area contributed by atoms with E-state index >= 15 is 0 Å². The van der Waals surface area contributed by atoms with Gasteiger partial charge in [-0.05, 0) is 37.6 Å². The Morgan fingerprint density at radius 1 is 1.24 bits per heavy atom. The number of rotatable bonds is 6. The summed E-state index contributed by atoms with van der Waals surface area (Å²) in [5.41, 5.74) is 0.608. The highest BCUT2D eigenvalue weighted by Gasteiger charge is 2.02. The van der Waals surface area contributed by atoms with Crippen LogP contribution in [-0.2, 0) is 9.59 Å². The SMILES string of the molecule is CCOc1ccc(NC(=O)CCC(=O)[O-])cc1. The summed E-state index contributed by atoms with van der Waals surface area (Å²) in [5, 5.41) is 12.7. The molecule has 0 saturated heterocycles. The van der Waals surface area contributed by atoms with E-state index in [0.29, 0.717) is 12.3 Å². The molecule has 0 aliphatic heterocycles. The second kappa shape index (κ2) is 6.52. The number of amides is 1. The fraction of sp³-hybridized carbons (Fsp3) is 0.333. The molecule has 1 aromatic rings. The summed E-state index contributed by atoms with van der Waals surface area (Å²) >= 11 is 0. The molecule has 1 amide bonds. The zero-order valence-electron chi connectivity index (χ0n) is 9.56. The highest BCUT2D eigenvalue weighted by molar-refractivity contribution is 5.92. The molecule has 0 aliphatic carbocycles. The van der Waals surface area contributed by atoms with Gasteiger partial charge >= 0.3 is 0 Å². The van der Waals surface area contributed by atoms with Gasteiger partial charge in [0.25, 0.3) is 0 Å². The second-order valence-electron chi connectivity index (χ2n) is 3.38. The summed E-state index contributed by atoms with van der Waals surface area (Å²) in [6.45, 7) is 2.47. The third kappa shape index (κ3) is 5.01. The molecule has 92 valence electrons. The van der Waals surface area contributed by atoms with E-state index < -0.39 is 5.97 Å². The largest absolute Gasteiger partial charge is 0.550 e. The minimum absolute atomic E-state index is 0.0878. The summed E-state index contributed by atoms with van der Waals surface area (Å²) in [4.78, 5) is 21.5. The van der Waals surface area contributed by atoms with E-state index in [1.54, 1.807) is 24.3 Å². The van der Waals surface area contributed by atoms with E-state index in [9.17, 15) is 14.7 Å². The maximum atomic E-state index is 11.3. The van der Waals surface area contributed by atoms with Crippen LogP contribution in [0.2, 0.25) is 0 Å². The van der Waals surface area contributed by atoms with Gasteiger partial charge in [-0.3, -0.25) is 4.79 Å². The highest BCUT2D eigenvalue weighted by Crippen LogP contribution is 2.15. The minimum Gasteiger partial charge on any atom is -0.550 e. The molecule has 0 spiro atoms. The Morgan fingerprint density at radius 3 is 2.41 bits per heavy atom. The predicted octanol–water partition coefficient (Wildman–Crippen LogP) is 0.554. The van der Waals surface area contributed by atoms with Gasteiger partial charge in [0.2, 0.25) is 5.91 Å². The maximum Gasteiger partial charge on any atom is 0.224 e. The van der Waals surface area contributed by atoms with Crippen molar-refractivity contribution in [2.75, 3.05) is 11.9 Å². The van der Waals surface area contributed by atoms with Gasteiger partial charge in [0.1, 0.15) is 5.75 Å². The van der Waals surface area contributed by atoms with E-state index in [4.69, 9.17) is 4.74 Å². The van der Waals surface area contributed by atoms with Crippen molar-refractivity contribution in [3.05, 3.63) is 24.3 Å². The average molecular weight is 236 g/mol. The van der Waals surface area contributed by atoms with Crippen molar-refractivity contribution in [2.24, 2.45) is 0 Å². The molecule has 0 aliphatic rings. The Balaban J connectivity index is 2.45. The number of carboxylic acid groups (broad SMARTS) is 1. The number of carbonyl (C=O) groups is 2. The quantitative estimate of drug-likeness (QED) is 0.782. The maximum absolute atomic E-state index is 11.3. The van der Waals surface area contributed by atoms with Crippen molar-refractivity contribution < 1.29 is 19.4 Å². The smallest absolute Gasteiger partial charge is 0.224 e. The number of carboxylic acids is 1. The zero-order valence-corrected chi connectivity index (χ0v) is 9.56. The van der Waals surface area contributed by atoms with Crippen LogP contribution in [0, 0.1) is 0 Å². The summed E-state index contributed by atoms with van der Waals surface area (Å²) in [7, 11) is 0. The summed E-state index contributed by atoms with van der Waals surface area (Å²) < 4.78 is 5.25. The molecule has 0 atom stereocenters. The van der Waals surface area contributed by atoms with Gasteiger partial charge in [0, 0.05) is 18.1 Å². The molecule has 0 radical (unpaired) electrons. The summed E-state index contributed by atoms with van der Waals surface area (Å²) in [6.07, 6.45) is -0.363. The van der Waals surface area contributed by atoms with Crippen LogP contribution in [0.25, 0.3) is 0 Å². The molecule has 0 heterocycles. The van der Waals surface area contributed by atoms with Crippen LogP contribution in [0.4, 0.5) is 5.69 Å². The molecule has 1 rings (SSSR count). The van der Waals surface area contributed by atoms with Crippen LogP contribution in [0.5, 0.6) is 5.75 Å². The molecule has 0 bridgehead atoms. The summed E-state index contributed by atoms with van der Waals surface area (Å²) in [6, 6.07) is 6.86. The molecule has 0 saturated carbocycles. The molecule has 1 N–H and O–H groups in total. The topological polar surface area (TPSA) is 78.5 Å². The van der Waals surface area contributed by atoms with E-state index in [1.807, 2.05) is 6.92 Å². The fourth-order valence-corrected chi connectivity index (χ4v) is 1.24. The molecular weight excluding hydrogens is 222 g/mol. The predicted molar refractivity (Wildman–Crippen MR) is 60.5 cm³/mol. The van der Waals surface area contributed by atoms with Gasteiger partial charge in [-0.15, -0.1) is 0 Å². The van der Waals surface area contributed by atoms with Gasteiger partial charge < -0.3 is 20.0 Å². The second-order valence-corrected chi connectivity index (χ2v) is 3.38. The molecular formula is C12H14NO4-. The number of ether oxygens (including phenoxy) is 1. The number of aliphatic carboxylic acids is 1. The van der Waals surface area contributed by atoms with Crippen LogP contribution in [0.15, 0.2) is 24.3 Å². The Labute approximate surface area is 99.4 Å². The van der Waals surface area contributed by atoms with Crippen LogP contribution < -0.4 is 15.2 Å². The first kappa shape index (κ1) is 13.0. The van der Waals surface area contributed by atoms with Crippen molar-refractivity contribution in [3.63, 3.8) is 0 Å². The van der Waals surface area contributed by atoms with Crippen LogP contribution >= 0.6 is 0 Å². The van der Waals surface area contributed by atoms with Crippen molar-refractivity contribution in [2.45, 2.75) is 19.8 Å². The molecule has 17 heavy (non-hydrogen) atoms. The number of hydrogen-bond donors (Lipinski definition) is 1. The number of benzene rings is 1. The Bertz CT molecular complexity index is 386. The Morgan fingerprint density at radius 2 is 1.88 bits per heavy atom. The van der Waals surface area contributed by atoms with Gasteiger partial charge in [0.05, 0.1) is 6.61 Å². The van der Waals surface area contributed by atoms with Gasteiger partial charge in [0.15, 0.2) is 0 Å². The standard InChI is InChI=1S/C12H15NO4/c1-2-17-10-5-3-9(4-6-10)13-11(14)7-8-12(15)16/h3-6H,2,7-8H2,1H3,(H,13,14)(H,15,16)/p-1. The lowest BCUT2D eigenvalue weighted by Crippen LogP contribution is -2.24. The van der Waals surface area contributed by atoms with E-state index in [-0.39, 0.29) is 18.7 Å². The molecule has 0 unspecified atom stereocenters. The molecule has 0 aromatic heterocycles. The fourth-order valence-electron chi connectivity index (χ4n) is 1.24. The first-order valence-corrected chi connectivity index (χ1v) is 5.34. The lowest BCUT2D eigenvalue weighted by Gasteiger charge is -2.07. The van der Waals surface area contributed by atoms with E-state index in [0.717, 1.165) is 5.75 Å². The molecule has 0 fully saturated rings. The number of carbonyl (C=O) groups excluding carboxylic acids is 2. The zero-order chi connectivity index (χ0) is 12.7. The van der Waals surface area contributed by atoms with Crippen molar-refractivity contribution >= 4 is 17.6 Å². The van der Waals surface area contributed by atoms with Crippen LogP contribution in [-0.4, -0.2) is 18.5 Å². The Hall–Kier alpha value is -2.04. The number of hydrogen-bond acceptors (Lipinski definition) is 4. The van der Waals surface area contributed by atoms with Gasteiger partial charge in [-0.2, -0.15) is 0 Å². The van der Waals surface area contributed by atoms with E-state index in [2.05, 4.69) is 5.32 Å². The van der Waals surface area contributed by atoms with Crippen molar-refractivity contribution in [1.29, 1.82) is 0 Å². The van der Waals surface area contributed by atoms with Crippen molar-refractivity contribution in [1.82, 2.24) is 0 Å². The highest BCUT2D eigenvalue weighted by atomic mass is 16.5. The normalized spacial score (nSPS) is 9.71. The minimum atomic E-state index is -1.23. The number of nitrogens with one attached hydrogen (secondary N) is 1. The van der Waals surface area contributed by atoms with Crippen molar-refractivity contribution in [3.8, 4) is 5.75 Å². The molecule has 5 heteroatoms. The number of anilines is 1. The van der Waals surface area contributed by atoms with Crippen LogP contribution in [0.1, 0.15) is 19.8 Å². The molecule has 5 nitrogen and oxygen atoms in total. The van der Waals surface area contributed by atoms with Crippen LogP contribution in [0.3, 0.4) is 0 Å². The first-order chi connectivity index (χ1) is 8.11. The van der Waals surface area contributed by atoms with Gasteiger partial charge in [-0.1, -0.05) is 0 Å². The summed E-state index contributed by atoms with van der Waals surface area (Å²) in [5.74, 6) is -0.856. The van der Waals surface area contributed by atoms with Gasteiger partial charge in [-0.25, -0.2) is 0 Å². The van der Waals surface area contributed by atoms with E-state index in [1.165, 1.54) is 0 Å². The average Bonchev–Trinajstić information content (AvgIpc) is 2.29.